The molecule has 1 unspecified atom stereocenters. The van der Waals surface area contributed by atoms with Gasteiger partial charge in [-0.25, -0.2) is 0 Å². The molecule has 1 atom stereocenters. The van der Waals surface area contributed by atoms with Crippen molar-refractivity contribution in [3.05, 3.63) is 0 Å². The van der Waals surface area contributed by atoms with Gasteiger partial charge in [-0.1, -0.05) is 27.7 Å². The number of rotatable bonds is 3. The molecule has 0 aliphatic rings. The second kappa shape index (κ2) is 3.59. The van der Waals surface area contributed by atoms with Gasteiger partial charge in [0, 0.05) is 6.54 Å². The Bertz CT molecular complexity index is 104. The first-order valence-corrected chi connectivity index (χ1v) is 3.65. The zero-order chi connectivity index (χ0) is 8.20. The fourth-order valence-electron chi connectivity index (χ4n) is 0.531. The molecule has 0 heterocycles. The first-order chi connectivity index (χ1) is 4.48. The fourth-order valence-corrected chi connectivity index (χ4v) is 0.531. The van der Waals surface area contributed by atoms with Crippen molar-refractivity contribution < 1.29 is 4.79 Å². The van der Waals surface area contributed by atoms with E-state index in [1.165, 1.54) is 0 Å². The molecule has 0 rings (SSSR count). The molecule has 10 heavy (non-hydrogen) atoms. The molecule has 0 saturated heterocycles. The van der Waals surface area contributed by atoms with Gasteiger partial charge >= 0.3 is 0 Å². The molecule has 0 aliphatic heterocycles. The third kappa shape index (κ3) is 3.49. The van der Waals surface area contributed by atoms with E-state index in [0.717, 1.165) is 13.0 Å². The Hall–Kier alpha value is -0.530. The summed E-state index contributed by atoms with van der Waals surface area (Å²) in [5, 5.41) is 2.67. The van der Waals surface area contributed by atoms with Crippen molar-refractivity contribution in [1.82, 2.24) is 5.32 Å². The van der Waals surface area contributed by atoms with Crippen molar-refractivity contribution in [3.63, 3.8) is 0 Å². The van der Waals surface area contributed by atoms with Crippen LogP contribution in [0.5, 0.6) is 0 Å². The lowest BCUT2D eigenvalue weighted by Crippen LogP contribution is -2.28. The molecular weight excluding hydrogens is 126 g/mol. The molecule has 0 aromatic carbocycles. The van der Waals surface area contributed by atoms with Crippen LogP contribution in [0.3, 0.4) is 0 Å². The van der Waals surface area contributed by atoms with Crippen molar-refractivity contribution in [1.29, 1.82) is 0 Å². The summed E-state index contributed by atoms with van der Waals surface area (Å²) < 4.78 is 0. The van der Waals surface area contributed by atoms with Gasteiger partial charge in [-0.15, -0.1) is 0 Å². The van der Waals surface area contributed by atoms with E-state index in [2.05, 4.69) is 33.0 Å². The van der Waals surface area contributed by atoms with Crippen molar-refractivity contribution >= 4 is 6.41 Å². The molecule has 0 aromatic heterocycles. The molecule has 0 aliphatic carbocycles. The summed E-state index contributed by atoms with van der Waals surface area (Å²) in [6.45, 7) is 9.42. The third-order valence-corrected chi connectivity index (χ3v) is 1.99. The van der Waals surface area contributed by atoms with Crippen LogP contribution in [0.2, 0.25) is 0 Å². The van der Waals surface area contributed by atoms with Crippen LogP contribution in [0, 0.1) is 11.3 Å². The van der Waals surface area contributed by atoms with Gasteiger partial charge < -0.3 is 5.32 Å². The van der Waals surface area contributed by atoms with Gasteiger partial charge in [0.2, 0.25) is 6.41 Å². The van der Waals surface area contributed by atoms with E-state index in [4.69, 9.17) is 0 Å². The second-order valence-corrected chi connectivity index (χ2v) is 3.79. The Morgan fingerprint density at radius 1 is 1.50 bits per heavy atom. The van der Waals surface area contributed by atoms with Crippen LogP contribution in [0.4, 0.5) is 0 Å². The summed E-state index contributed by atoms with van der Waals surface area (Å²) >= 11 is 0. The summed E-state index contributed by atoms with van der Waals surface area (Å²) in [5.41, 5.74) is 0.288. The molecule has 0 spiro atoms. The zero-order valence-corrected chi connectivity index (χ0v) is 7.27. The molecular formula is C8H17NO. The summed E-state index contributed by atoms with van der Waals surface area (Å²) in [6, 6.07) is 0. The number of carbonyl (C=O) groups excluding carboxylic acids is 1. The van der Waals surface area contributed by atoms with Crippen LogP contribution in [0.1, 0.15) is 27.7 Å². The smallest absolute Gasteiger partial charge is 0.207 e. The van der Waals surface area contributed by atoms with E-state index in [9.17, 15) is 4.79 Å². The standard InChI is InChI=1S/C8H17NO/c1-7(5-9-6-10)8(2,3)4/h6-7H,5H2,1-4H3,(H,9,10). The van der Waals surface area contributed by atoms with Gasteiger partial charge in [0.1, 0.15) is 0 Å². The molecule has 0 saturated carbocycles. The molecule has 0 aromatic rings. The number of nitrogens with one attached hydrogen (secondary N) is 1. The van der Waals surface area contributed by atoms with Crippen molar-refractivity contribution in [2.24, 2.45) is 11.3 Å². The van der Waals surface area contributed by atoms with Gasteiger partial charge in [0.05, 0.1) is 0 Å². The maximum atomic E-state index is 9.93. The predicted molar refractivity (Wildman–Crippen MR) is 42.7 cm³/mol. The highest BCUT2D eigenvalue weighted by Crippen LogP contribution is 2.23. The van der Waals surface area contributed by atoms with Gasteiger partial charge in [-0.05, 0) is 11.3 Å². The van der Waals surface area contributed by atoms with Crippen molar-refractivity contribution in [2.75, 3.05) is 6.54 Å². The Morgan fingerprint density at radius 2 is 2.00 bits per heavy atom. The lowest BCUT2D eigenvalue weighted by molar-refractivity contribution is -0.109. The summed E-state index contributed by atoms with van der Waals surface area (Å²) in [6.07, 6.45) is 0.752. The highest BCUT2D eigenvalue weighted by atomic mass is 16.1. The van der Waals surface area contributed by atoms with Crippen LogP contribution in [-0.4, -0.2) is 13.0 Å². The molecule has 0 radical (unpaired) electrons. The molecule has 1 N–H and O–H groups in total. The van der Waals surface area contributed by atoms with E-state index in [0.29, 0.717) is 5.92 Å². The predicted octanol–water partition coefficient (Wildman–Crippen LogP) is 1.41. The Morgan fingerprint density at radius 3 is 2.30 bits per heavy atom. The van der Waals surface area contributed by atoms with Gasteiger partial charge in [-0.2, -0.15) is 0 Å². The second-order valence-electron chi connectivity index (χ2n) is 3.79. The van der Waals surface area contributed by atoms with Crippen LogP contribution < -0.4 is 5.32 Å². The average molecular weight is 143 g/mol. The van der Waals surface area contributed by atoms with Gasteiger partial charge in [-0.3, -0.25) is 4.79 Å². The van der Waals surface area contributed by atoms with Crippen molar-refractivity contribution in [2.45, 2.75) is 27.7 Å². The Labute approximate surface area is 63.0 Å². The Balaban J connectivity index is 3.61. The largest absolute Gasteiger partial charge is 0.358 e. The first-order valence-electron chi connectivity index (χ1n) is 3.65. The SMILES string of the molecule is CC(CNC=O)C(C)(C)C. The molecule has 1 amide bonds. The molecule has 0 fully saturated rings. The fraction of sp³-hybridized carbons (Fsp3) is 0.875. The number of carbonyl (C=O) groups is 1. The van der Waals surface area contributed by atoms with Crippen LogP contribution >= 0.6 is 0 Å². The third-order valence-electron chi connectivity index (χ3n) is 1.99. The minimum atomic E-state index is 0.288. The van der Waals surface area contributed by atoms with Crippen LogP contribution in [-0.2, 0) is 4.79 Å². The summed E-state index contributed by atoms with van der Waals surface area (Å²) in [5.74, 6) is 0.526. The quantitative estimate of drug-likeness (QED) is 0.595. The monoisotopic (exact) mass is 143 g/mol. The van der Waals surface area contributed by atoms with E-state index < -0.39 is 0 Å². The average Bonchev–Trinajstić information content (AvgIpc) is 1.80. The summed E-state index contributed by atoms with van der Waals surface area (Å²) in [4.78, 5) is 9.93. The molecule has 60 valence electrons. The lowest BCUT2D eigenvalue weighted by atomic mass is 9.82. The molecule has 2 heteroatoms. The number of amides is 1. The topological polar surface area (TPSA) is 29.1 Å². The van der Waals surface area contributed by atoms with Crippen LogP contribution in [0.25, 0.3) is 0 Å². The minimum absolute atomic E-state index is 0.288. The normalized spacial score (nSPS) is 14.4. The van der Waals surface area contributed by atoms with E-state index in [-0.39, 0.29) is 5.41 Å². The maximum Gasteiger partial charge on any atom is 0.207 e. The zero-order valence-electron chi connectivity index (χ0n) is 7.27. The number of hydrogen-bond acceptors (Lipinski definition) is 1. The van der Waals surface area contributed by atoms with Crippen LogP contribution in [0.15, 0.2) is 0 Å². The highest BCUT2D eigenvalue weighted by Gasteiger charge is 2.18. The molecule has 0 bridgehead atoms. The number of hydrogen-bond donors (Lipinski definition) is 1. The highest BCUT2D eigenvalue weighted by molar-refractivity contribution is 5.45. The first kappa shape index (κ1) is 9.47. The van der Waals surface area contributed by atoms with E-state index >= 15 is 0 Å². The summed E-state index contributed by atoms with van der Waals surface area (Å²) in [7, 11) is 0. The van der Waals surface area contributed by atoms with Gasteiger partial charge in [0.25, 0.3) is 0 Å². The van der Waals surface area contributed by atoms with Crippen molar-refractivity contribution in [3.8, 4) is 0 Å². The van der Waals surface area contributed by atoms with E-state index in [1.807, 2.05) is 0 Å². The maximum absolute atomic E-state index is 9.93. The van der Waals surface area contributed by atoms with E-state index in [1.54, 1.807) is 0 Å². The van der Waals surface area contributed by atoms with Gasteiger partial charge in [0.15, 0.2) is 0 Å². The minimum Gasteiger partial charge on any atom is -0.358 e. The Kier molecular flexibility index (Phi) is 3.40. The lowest BCUT2D eigenvalue weighted by Gasteiger charge is -2.26. The molecule has 2 nitrogen and oxygen atoms in total.